The van der Waals surface area contributed by atoms with E-state index in [-0.39, 0.29) is 12.1 Å². The maximum atomic E-state index is 12.0. The zero-order valence-corrected chi connectivity index (χ0v) is 18.8. The van der Waals surface area contributed by atoms with Crippen molar-refractivity contribution in [1.29, 1.82) is 0 Å². The van der Waals surface area contributed by atoms with Gasteiger partial charge in [0.2, 0.25) is 0 Å². The monoisotopic (exact) mass is 438 g/mol. The summed E-state index contributed by atoms with van der Waals surface area (Å²) in [5.74, 6) is 0.109. The molecule has 31 heavy (non-hydrogen) atoms. The van der Waals surface area contributed by atoms with E-state index in [0.717, 1.165) is 64.5 Å². The van der Waals surface area contributed by atoms with Crippen molar-refractivity contribution >= 4 is 18.0 Å². The molecule has 0 spiro atoms. The van der Waals surface area contributed by atoms with E-state index >= 15 is 0 Å². The van der Waals surface area contributed by atoms with Crippen molar-refractivity contribution in [2.75, 3.05) is 19.7 Å². The van der Waals surface area contributed by atoms with Gasteiger partial charge in [-0.1, -0.05) is 6.92 Å². The second-order valence-electron chi connectivity index (χ2n) is 8.48. The summed E-state index contributed by atoms with van der Waals surface area (Å²) in [7, 11) is 0. The molecule has 0 aliphatic heterocycles. The van der Waals surface area contributed by atoms with Gasteiger partial charge in [0.05, 0.1) is 12.9 Å². The van der Waals surface area contributed by atoms with Gasteiger partial charge in [0.1, 0.15) is 0 Å². The standard InChI is InChI=1S/C22H38N4O5/c1-3-26(19-11-9-18(10-12-19)24-22(29)30)15-16-5-7-17(8-6-16)23-21(28)25-20(27)13-14-31-4-2/h13-14,16-19,24H,3-12,15H2,1-2H3,(H,29,30)(H2,23,25,27,28)/b14-13+. The molecule has 0 aromatic rings. The number of nitrogens with one attached hydrogen (secondary N) is 3. The van der Waals surface area contributed by atoms with Crippen molar-refractivity contribution in [3.63, 3.8) is 0 Å². The summed E-state index contributed by atoms with van der Waals surface area (Å²) in [5.41, 5.74) is 0. The summed E-state index contributed by atoms with van der Waals surface area (Å²) in [6, 6.07) is 0.236. The fourth-order valence-electron chi connectivity index (χ4n) is 4.70. The van der Waals surface area contributed by atoms with Gasteiger partial charge in [-0.2, -0.15) is 0 Å². The fraction of sp³-hybridized carbons (Fsp3) is 0.773. The smallest absolute Gasteiger partial charge is 0.404 e. The minimum atomic E-state index is -0.929. The molecular formula is C22H38N4O5. The molecule has 2 aliphatic carbocycles. The third kappa shape index (κ3) is 9.16. The molecule has 0 heterocycles. The SMILES string of the molecule is CCO/C=C/C(=O)NC(=O)NC1CCC(CN(CC)C2CCC(NC(=O)O)CC2)CC1. The first kappa shape index (κ1) is 25.0. The first-order valence-corrected chi connectivity index (χ1v) is 11.5. The van der Waals surface area contributed by atoms with Crippen molar-refractivity contribution in [3.8, 4) is 0 Å². The molecule has 0 aromatic carbocycles. The molecule has 4 N–H and O–H groups in total. The van der Waals surface area contributed by atoms with E-state index in [9.17, 15) is 14.4 Å². The first-order chi connectivity index (χ1) is 14.9. The van der Waals surface area contributed by atoms with Gasteiger partial charge in [-0.05, 0) is 70.8 Å². The van der Waals surface area contributed by atoms with E-state index in [1.807, 2.05) is 6.92 Å². The Hall–Kier alpha value is -2.29. The van der Waals surface area contributed by atoms with Gasteiger partial charge in [-0.15, -0.1) is 0 Å². The van der Waals surface area contributed by atoms with Crippen LogP contribution in [-0.4, -0.2) is 65.9 Å². The molecule has 2 rings (SSSR count). The molecule has 0 atom stereocenters. The molecule has 0 unspecified atom stereocenters. The lowest BCUT2D eigenvalue weighted by Crippen LogP contribution is -2.47. The zero-order valence-electron chi connectivity index (χ0n) is 18.8. The molecule has 0 bridgehead atoms. The topological polar surface area (TPSA) is 120 Å². The Labute approximate surface area is 185 Å². The number of carbonyl (C=O) groups excluding carboxylic acids is 2. The fourth-order valence-corrected chi connectivity index (χ4v) is 4.70. The maximum Gasteiger partial charge on any atom is 0.404 e. The van der Waals surface area contributed by atoms with E-state index in [4.69, 9.17) is 9.84 Å². The molecule has 0 aromatic heterocycles. The van der Waals surface area contributed by atoms with Gasteiger partial charge in [-0.25, -0.2) is 9.59 Å². The van der Waals surface area contributed by atoms with Gasteiger partial charge in [-0.3, -0.25) is 10.1 Å². The normalized spacial score (nSPS) is 26.4. The summed E-state index contributed by atoms with van der Waals surface area (Å²) in [6.45, 7) is 6.53. The summed E-state index contributed by atoms with van der Waals surface area (Å²) in [6.07, 6.45) is 9.33. The summed E-state index contributed by atoms with van der Waals surface area (Å²) >= 11 is 0. The predicted octanol–water partition coefficient (Wildman–Crippen LogP) is 2.82. The Morgan fingerprint density at radius 2 is 1.58 bits per heavy atom. The predicted molar refractivity (Wildman–Crippen MR) is 118 cm³/mol. The maximum absolute atomic E-state index is 12.0. The molecule has 0 saturated heterocycles. The van der Waals surface area contributed by atoms with E-state index in [1.54, 1.807) is 0 Å². The highest BCUT2D eigenvalue weighted by atomic mass is 16.5. The quantitative estimate of drug-likeness (QED) is 0.325. The molecule has 176 valence electrons. The van der Waals surface area contributed by atoms with E-state index < -0.39 is 18.0 Å². The Kier molecular flexibility index (Phi) is 10.6. The summed E-state index contributed by atoms with van der Waals surface area (Å²) in [5, 5.41) is 16.7. The molecule has 0 radical (unpaired) electrons. The van der Waals surface area contributed by atoms with E-state index in [2.05, 4.69) is 27.8 Å². The van der Waals surface area contributed by atoms with Crippen LogP contribution in [0.3, 0.4) is 0 Å². The second-order valence-corrected chi connectivity index (χ2v) is 8.48. The van der Waals surface area contributed by atoms with Crippen LogP contribution in [0.4, 0.5) is 9.59 Å². The van der Waals surface area contributed by atoms with Gasteiger partial charge >= 0.3 is 12.1 Å². The number of urea groups is 1. The highest BCUT2D eigenvalue weighted by molar-refractivity contribution is 6.00. The molecule has 9 heteroatoms. The van der Waals surface area contributed by atoms with Crippen molar-refractivity contribution in [2.45, 2.75) is 83.3 Å². The van der Waals surface area contributed by atoms with Crippen LogP contribution in [0, 0.1) is 5.92 Å². The summed E-state index contributed by atoms with van der Waals surface area (Å²) < 4.78 is 4.95. The van der Waals surface area contributed by atoms with Crippen molar-refractivity contribution in [2.24, 2.45) is 5.92 Å². The average molecular weight is 439 g/mol. The third-order valence-corrected chi connectivity index (χ3v) is 6.34. The van der Waals surface area contributed by atoms with Crippen LogP contribution in [0.5, 0.6) is 0 Å². The number of amides is 4. The lowest BCUT2D eigenvalue weighted by molar-refractivity contribution is -0.115. The molecule has 4 amide bonds. The molecule has 9 nitrogen and oxygen atoms in total. The minimum absolute atomic E-state index is 0.0849. The number of nitrogens with zero attached hydrogens (tertiary/aromatic N) is 1. The van der Waals surface area contributed by atoms with E-state index in [0.29, 0.717) is 18.6 Å². The van der Waals surface area contributed by atoms with Crippen molar-refractivity contribution in [1.82, 2.24) is 20.9 Å². The number of rotatable bonds is 9. The number of hydrogen-bond donors (Lipinski definition) is 4. The highest BCUT2D eigenvalue weighted by Gasteiger charge is 2.29. The van der Waals surface area contributed by atoms with Gasteiger partial charge in [0.25, 0.3) is 5.91 Å². The molecule has 2 fully saturated rings. The number of carboxylic acid groups (broad SMARTS) is 1. The van der Waals surface area contributed by atoms with Crippen LogP contribution >= 0.6 is 0 Å². The number of carbonyl (C=O) groups is 3. The largest absolute Gasteiger partial charge is 0.501 e. The van der Waals surface area contributed by atoms with Crippen molar-refractivity contribution in [3.05, 3.63) is 12.3 Å². The first-order valence-electron chi connectivity index (χ1n) is 11.5. The lowest BCUT2D eigenvalue weighted by atomic mass is 9.84. The van der Waals surface area contributed by atoms with Crippen LogP contribution in [0.2, 0.25) is 0 Å². The number of ether oxygens (including phenoxy) is 1. The van der Waals surface area contributed by atoms with Crippen LogP contribution in [0.15, 0.2) is 12.3 Å². The molecular weight excluding hydrogens is 400 g/mol. The average Bonchev–Trinajstić information content (AvgIpc) is 2.73. The van der Waals surface area contributed by atoms with Gasteiger partial charge < -0.3 is 25.4 Å². The third-order valence-electron chi connectivity index (χ3n) is 6.34. The van der Waals surface area contributed by atoms with Crippen molar-refractivity contribution < 1.29 is 24.2 Å². The van der Waals surface area contributed by atoms with E-state index in [1.165, 1.54) is 12.3 Å². The van der Waals surface area contributed by atoms with Crippen LogP contribution in [0.25, 0.3) is 0 Å². The van der Waals surface area contributed by atoms with Crippen LogP contribution in [-0.2, 0) is 9.53 Å². The van der Waals surface area contributed by atoms with Crippen LogP contribution < -0.4 is 16.0 Å². The minimum Gasteiger partial charge on any atom is -0.501 e. The Bertz CT molecular complexity index is 611. The highest BCUT2D eigenvalue weighted by Crippen LogP contribution is 2.29. The van der Waals surface area contributed by atoms with Crippen LogP contribution in [0.1, 0.15) is 65.2 Å². The lowest BCUT2D eigenvalue weighted by Gasteiger charge is -2.39. The number of imide groups is 1. The number of hydrogen-bond acceptors (Lipinski definition) is 5. The zero-order chi connectivity index (χ0) is 22.6. The summed E-state index contributed by atoms with van der Waals surface area (Å²) in [4.78, 5) is 37.0. The second kappa shape index (κ2) is 13.2. The van der Waals surface area contributed by atoms with Gasteiger partial charge in [0, 0.05) is 30.7 Å². The Balaban J connectivity index is 1.68. The Morgan fingerprint density at radius 3 is 2.16 bits per heavy atom. The molecule has 2 aliphatic rings. The Morgan fingerprint density at radius 1 is 0.968 bits per heavy atom. The van der Waals surface area contributed by atoms with Gasteiger partial charge in [0.15, 0.2) is 0 Å². The molecule has 2 saturated carbocycles.